The summed E-state index contributed by atoms with van der Waals surface area (Å²) in [6, 6.07) is 6.40. The molecule has 0 N–H and O–H groups in total. The first-order valence-corrected chi connectivity index (χ1v) is 9.22. The third-order valence-electron chi connectivity index (χ3n) is 5.24. The molecule has 4 heteroatoms. The molecule has 1 atom stereocenters. The van der Waals surface area contributed by atoms with Crippen LogP contribution in [0.15, 0.2) is 18.2 Å². The average molecular weight is 330 g/mol. The van der Waals surface area contributed by atoms with Gasteiger partial charge in [-0.1, -0.05) is 37.0 Å². The zero-order valence-corrected chi connectivity index (χ0v) is 15.3. The van der Waals surface area contributed by atoms with E-state index in [9.17, 15) is 4.79 Å². The van der Waals surface area contributed by atoms with E-state index >= 15 is 0 Å². The molecule has 1 aromatic rings. The van der Waals surface area contributed by atoms with Gasteiger partial charge < -0.3 is 14.5 Å². The maximum absolute atomic E-state index is 13.2. The number of hydrogen-bond acceptors (Lipinski definition) is 3. The molecule has 1 heterocycles. The summed E-state index contributed by atoms with van der Waals surface area (Å²) in [6.45, 7) is 4.18. The molecule has 24 heavy (non-hydrogen) atoms. The Morgan fingerprint density at radius 1 is 1.25 bits per heavy atom. The van der Waals surface area contributed by atoms with Gasteiger partial charge in [0, 0.05) is 24.6 Å². The van der Waals surface area contributed by atoms with Crippen molar-refractivity contribution in [3.05, 3.63) is 29.3 Å². The van der Waals surface area contributed by atoms with Crippen molar-refractivity contribution in [2.75, 3.05) is 27.2 Å². The number of nitrogens with zero attached hydrogens (tertiary/aromatic N) is 2. The lowest BCUT2D eigenvalue weighted by molar-refractivity contribution is -0.140. The van der Waals surface area contributed by atoms with E-state index in [1.54, 1.807) is 0 Å². The van der Waals surface area contributed by atoms with Gasteiger partial charge in [0.05, 0.1) is 6.04 Å². The van der Waals surface area contributed by atoms with E-state index in [0.29, 0.717) is 19.1 Å². The SMILES string of the molecule is Cc1ccc2c(c1)CN(C(=O)C1CCCCC1)[C@H](CN(C)C)CO2. The Bertz CT molecular complexity index is 579. The van der Waals surface area contributed by atoms with Crippen LogP contribution in [0, 0.1) is 12.8 Å². The van der Waals surface area contributed by atoms with Crippen molar-refractivity contribution in [3.63, 3.8) is 0 Å². The van der Waals surface area contributed by atoms with Crippen molar-refractivity contribution in [3.8, 4) is 5.75 Å². The van der Waals surface area contributed by atoms with Gasteiger partial charge in [-0.05, 0) is 39.9 Å². The van der Waals surface area contributed by atoms with Gasteiger partial charge in [-0.25, -0.2) is 0 Å². The molecule has 1 fully saturated rings. The minimum atomic E-state index is 0.113. The van der Waals surface area contributed by atoms with E-state index in [2.05, 4.69) is 43.0 Å². The Morgan fingerprint density at radius 3 is 2.71 bits per heavy atom. The summed E-state index contributed by atoms with van der Waals surface area (Å²) in [5.74, 6) is 1.47. The highest BCUT2D eigenvalue weighted by molar-refractivity contribution is 5.79. The van der Waals surface area contributed by atoms with Gasteiger partial charge in [0.2, 0.25) is 5.91 Å². The van der Waals surface area contributed by atoms with E-state index in [0.717, 1.165) is 30.7 Å². The number of carbonyl (C=O) groups is 1. The van der Waals surface area contributed by atoms with Crippen LogP contribution in [0.1, 0.15) is 43.2 Å². The van der Waals surface area contributed by atoms with Crippen LogP contribution >= 0.6 is 0 Å². The number of rotatable bonds is 3. The average Bonchev–Trinajstić information content (AvgIpc) is 2.74. The van der Waals surface area contributed by atoms with Crippen LogP contribution in [0.4, 0.5) is 0 Å². The smallest absolute Gasteiger partial charge is 0.226 e. The summed E-state index contributed by atoms with van der Waals surface area (Å²) in [4.78, 5) is 17.5. The number of hydrogen-bond donors (Lipinski definition) is 0. The summed E-state index contributed by atoms with van der Waals surface area (Å²) in [5.41, 5.74) is 2.36. The van der Waals surface area contributed by atoms with Crippen LogP contribution < -0.4 is 4.74 Å². The van der Waals surface area contributed by atoms with E-state index in [-0.39, 0.29) is 12.0 Å². The standard InChI is InChI=1S/C20H30N2O2/c1-15-9-10-19-17(11-15)12-22(18(14-24-19)13-21(2)3)20(23)16-7-5-4-6-8-16/h9-11,16,18H,4-8,12-14H2,1-3H3/t18-/m1/s1. The molecule has 3 rings (SSSR count). The number of benzene rings is 1. The fourth-order valence-electron chi connectivity index (χ4n) is 3.98. The van der Waals surface area contributed by atoms with E-state index in [1.165, 1.54) is 24.8 Å². The molecule has 0 radical (unpaired) electrons. The van der Waals surface area contributed by atoms with Crippen LogP contribution in [0.25, 0.3) is 0 Å². The van der Waals surface area contributed by atoms with Crippen LogP contribution in [-0.2, 0) is 11.3 Å². The lowest BCUT2D eigenvalue weighted by atomic mass is 9.88. The Kier molecular flexibility index (Phi) is 5.44. The molecule has 4 nitrogen and oxygen atoms in total. The summed E-state index contributed by atoms with van der Waals surface area (Å²) in [7, 11) is 4.12. The number of fused-ring (bicyclic) bond motifs is 1. The predicted molar refractivity (Wildman–Crippen MR) is 96.1 cm³/mol. The highest BCUT2D eigenvalue weighted by Gasteiger charge is 2.33. The lowest BCUT2D eigenvalue weighted by Gasteiger charge is -2.35. The second-order valence-corrected chi connectivity index (χ2v) is 7.64. The van der Waals surface area contributed by atoms with Crippen molar-refractivity contribution in [1.29, 1.82) is 0 Å². The van der Waals surface area contributed by atoms with Gasteiger partial charge in [-0.3, -0.25) is 4.79 Å². The third kappa shape index (κ3) is 3.92. The van der Waals surface area contributed by atoms with Gasteiger partial charge in [-0.15, -0.1) is 0 Å². The molecule has 132 valence electrons. The Morgan fingerprint density at radius 2 is 2.00 bits per heavy atom. The first-order valence-electron chi connectivity index (χ1n) is 9.22. The number of amides is 1. The van der Waals surface area contributed by atoms with Crippen molar-refractivity contribution < 1.29 is 9.53 Å². The summed E-state index contributed by atoms with van der Waals surface area (Å²) in [5, 5.41) is 0. The largest absolute Gasteiger partial charge is 0.491 e. The zero-order chi connectivity index (χ0) is 17.1. The lowest BCUT2D eigenvalue weighted by Crippen LogP contribution is -2.49. The van der Waals surface area contributed by atoms with Crippen LogP contribution in [-0.4, -0.2) is 49.0 Å². The van der Waals surface area contributed by atoms with E-state index in [4.69, 9.17) is 4.74 Å². The Labute approximate surface area is 145 Å². The molecule has 1 saturated carbocycles. The maximum Gasteiger partial charge on any atom is 0.226 e. The van der Waals surface area contributed by atoms with Gasteiger partial charge in [0.1, 0.15) is 12.4 Å². The summed E-state index contributed by atoms with van der Waals surface area (Å²) in [6.07, 6.45) is 5.75. The Hall–Kier alpha value is -1.55. The first-order chi connectivity index (χ1) is 11.5. The predicted octanol–water partition coefficient (Wildman–Crippen LogP) is 3.23. The molecule has 0 aromatic heterocycles. The van der Waals surface area contributed by atoms with Crippen molar-refractivity contribution in [2.24, 2.45) is 5.92 Å². The number of likely N-dealkylation sites (N-methyl/N-ethyl adjacent to an activating group) is 1. The number of ether oxygens (including phenoxy) is 1. The molecule has 1 aliphatic carbocycles. The monoisotopic (exact) mass is 330 g/mol. The third-order valence-corrected chi connectivity index (χ3v) is 5.24. The maximum atomic E-state index is 13.2. The number of aryl methyl sites for hydroxylation is 1. The highest BCUT2D eigenvalue weighted by Crippen LogP contribution is 2.31. The molecule has 1 amide bonds. The number of carbonyl (C=O) groups excluding carboxylic acids is 1. The highest BCUT2D eigenvalue weighted by atomic mass is 16.5. The van der Waals surface area contributed by atoms with E-state index < -0.39 is 0 Å². The van der Waals surface area contributed by atoms with Crippen LogP contribution in [0.3, 0.4) is 0 Å². The van der Waals surface area contributed by atoms with Gasteiger partial charge in [0.25, 0.3) is 0 Å². The molecular weight excluding hydrogens is 300 g/mol. The van der Waals surface area contributed by atoms with Crippen molar-refractivity contribution in [2.45, 2.75) is 51.6 Å². The summed E-state index contributed by atoms with van der Waals surface area (Å²) >= 11 is 0. The topological polar surface area (TPSA) is 32.8 Å². The second kappa shape index (κ2) is 7.56. The van der Waals surface area contributed by atoms with Gasteiger partial charge >= 0.3 is 0 Å². The zero-order valence-electron chi connectivity index (χ0n) is 15.3. The van der Waals surface area contributed by atoms with Crippen molar-refractivity contribution >= 4 is 5.91 Å². The second-order valence-electron chi connectivity index (χ2n) is 7.64. The molecular formula is C20H30N2O2. The molecule has 1 aliphatic heterocycles. The minimum Gasteiger partial charge on any atom is -0.491 e. The molecule has 2 aliphatic rings. The molecule has 0 unspecified atom stereocenters. The first kappa shape index (κ1) is 17.3. The molecule has 0 spiro atoms. The molecule has 0 bridgehead atoms. The molecule has 1 aromatic carbocycles. The van der Waals surface area contributed by atoms with Crippen LogP contribution in [0.5, 0.6) is 5.75 Å². The summed E-state index contributed by atoms with van der Waals surface area (Å²) < 4.78 is 6.06. The fraction of sp³-hybridized carbons (Fsp3) is 0.650. The van der Waals surface area contributed by atoms with Crippen LogP contribution in [0.2, 0.25) is 0 Å². The van der Waals surface area contributed by atoms with E-state index in [1.807, 2.05) is 6.07 Å². The van der Waals surface area contributed by atoms with Crippen molar-refractivity contribution in [1.82, 2.24) is 9.80 Å². The van der Waals surface area contributed by atoms with Gasteiger partial charge in [0.15, 0.2) is 0 Å². The minimum absolute atomic E-state index is 0.113. The normalized spacial score (nSPS) is 22.0. The quantitative estimate of drug-likeness (QED) is 0.853. The Balaban J connectivity index is 1.85. The van der Waals surface area contributed by atoms with Gasteiger partial charge in [-0.2, -0.15) is 0 Å². The fourth-order valence-corrected chi connectivity index (χ4v) is 3.98. The molecule has 0 saturated heterocycles.